The van der Waals surface area contributed by atoms with Gasteiger partial charge < -0.3 is 10.1 Å². The molecule has 0 unspecified atom stereocenters. The number of imide groups is 1. The summed E-state index contributed by atoms with van der Waals surface area (Å²) in [4.78, 5) is 57.4. The van der Waals surface area contributed by atoms with E-state index in [1.165, 1.54) is 29.8 Å². The second-order valence-electron chi connectivity index (χ2n) is 6.74. The summed E-state index contributed by atoms with van der Waals surface area (Å²) in [5.74, 6) is -2.30. The average molecular weight is 408 g/mol. The lowest BCUT2D eigenvalue weighted by atomic mass is 10.1. The number of benzene rings is 1. The number of esters is 1. The first-order valence-corrected chi connectivity index (χ1v) is 8.89. The summed E-state index contributed by atoms with van der Waals surface area (Å²) in [6.45, 7) is 3.01. The molecule has 0 aliphatic carbocycles. The monoisotopic (exact) mass is 408 g/mol. The Morgan fingerprint density at radius 1 is 1.07 bits per heavy atom. The highest BCUT2D eigenvalue weighted by molar-refractivity contribution is 6.21. The first-order valence-electron chi connectivity index (χ1n) is 8.89. The second-order valence-corrected chi connectivity index (χ2v) is 6.74. The van der Waals surface area contributed by atoms with Gasteiger partial charge in [0.2, 0.25) is 0 Å². The number of aromatic nitrogens is 4. The molecule has 3 heterocycles. The number of hydrogen-bond acceptors (Lipinski definition) is 8. The molecule has 4 rings (SSSR count). The highest BCUT2D eigenvalue weighted by atomic mass is 16.5. The van der Waals surface area contributed by atoms with Crippen molar-refractivity contribution < 1.29 is 23.9 Å². The van der Waals surface area contributed by atoms with Gasteiger partial charge in [0.15, 0.2) is 6.61 Å². The molecule has 1 aliphatic heterocycles. The number of aryl methyl sites for hydroxylation is 2. The van der Waals surface area contributed by atoms with Crippen molar-refractivity contribution in [3.63, 3.8) is 0 Å². The summed E-state index contributed by atoms with van der Waals surface area (Å²) in [6.07, 6.45) is 0. The van der Waals surface area contributed by atoms with Crippen LogP contribution >= 0.6 is 0 Å². The van der Waals surface area contributed by atoms with Gasteiger partial charge in [-0.3, -0.25) is 19.3 Å². The van der Waals surface area contributed by atoms with Crippen LogP contribution in [0.2, 0.25) is 0 Å². The molecule has 152 valence electrons. The Morgan fingerprint density at radius 3 is 2.57 bits per heavy atom. The van der Waals surface area contributed by atoms with Crippen molar-refractivity contribution in [3.05, 3.63) is 52.6 Å². The number of anilines is 1. The molecule has 11 heteroatoms. The Morgan fingerprint density at radius 2 is 1.80 bits per heavy atom. The molecular formula is C19H16N6O5. The fourth-order valence-corrected chi connectivity index (χ4v) is 3.08. The van der Waals surface area contributed by atoms with Crippen LogP contribution < -0.4 is 5.32 Å². The minimum Gasteiger partial charge on any atom is -0.450 e. The number of ether oxygens (including phenoxy) is 1. The smallest absolute Gasteiger partial charge is 0.378 e. The summed E-state index contributed by atoms with van der Waals surface area (Å²) in [7, 11) is 1.38. The third-order valence-corrected chi connectivity index (χ3v) is 4.51. The summed E-state index contributed by atoms with van der Waals surface area (Å²) < 4.78 is 6.37. The zero-order valence-corrected chi connectivity index (χ0v) is 16.3. The van der Waals surface area contributed by atoms with Gasteiger partial charge in [-0.05, 0) is 38.1 Å². The minimum atomic E-state index is -0.871. The number of nitrogens with one attached hydrogen (secondary N) is 1. The van der Waals surface area contributed by atoms with Gasteiger partial charge in [0, 0.05) is 24.1 Å². The second kappa shape index (κ2) is 7.03. The summed E-state index contributed by atoms with van der Waals surface area (Å²) in [6, 6.07) is 6.14. The highest BCUT2D eigenvalue weighted by Gasteiger charge is 2.32. The van der Waals surface area contributed by atoms with Crippen molar-refractivity contribution >= 4 is 35.2 Å². The van der Waals surface area contributed by atoms with Gasteiger partial charge in [0.1, 0.15) is 0 Å². The van der Waals surface area contributed by atoms with Crippen molar-refractivity contribution in [3.8, 4) is 0 Å². The Kier molecular flexibility index (Phi) is 4.49. The van der Waals surface area contributed by atoms with Crippen LogP contribution in [0.5, 0.6) is 0 Å². The Balaban J connectivity index is 1.41. The molecule has 1 aromatic carbocycles. The first kappa shape index (κ1) is 19.2. The molecular weight excluding hydrogens is 392 g/mol. The van der Waals surface area contributed by atoms with E-state index in [0.717, 1.165) is 16.3 Å². The van der Waals surface area contributed by atoms with E-state index in [4.69, 9.17) is 4.74 Å². The Labute approximate surface area is 169 Å². The predicted octanol–water partition coefficient (Wildman–Crippen LogP) is 0.762. The lowest BCUT2D eigenvalue weighted by Crippen LogP contribution is -2.24. The third-order valence-electron chi connectivity index (χ3n) is 4.51. The van der Waals surface area contributed by atoms with Gasteiger partial charge in [-0.2, -0.15) is 4.98 Å². The molecule has 0 fully saturated rings. The topological polar surface area (TPSA) is 136 Å². The summed E-state index contributed by atoms with van der Waals surface area (Å²) in [5, 5.41) is 6.56. The van der Waals surface area contributed by atoms with Crippen LogP contribution in [0.1, 0.15) is 42.7 Å². The molecule has 30 heavy (non-hydrogen) atoms. The summed E-state index contributed by atoms with van der Waals surface area (Å²) >= 11 is 0. The number of rotatable bonds is 4. The van der Waals surface area contributed by atoms with Crippen molar-refractivity contribution in [2.75, 3.05) is 19.0 Å². The van der Waals surface area contributed by atoms with Gasteiger partial charge in [0.25, 0.3) is 29.3 Å². The zero-order chi connectivity index (χ0) is 21.6. The molecule has 3 amide bonds. The molecule has 0 radical (unpaired) electrons. The number of carbonyl (C=O) groups is 4. The number of hydrogen-bond donors (Lipinski definition) is 1. The quantitative estimate of drug-likeness (QED) is 0.494. The Bertz CT molecular complexity index is 1250. The van der Waals surface area contributed by atoms with Crippen LogP contribution in [0.3, 0.4) is 0 Å². The van der Waals surface area contributed by atoms with Crippen LogP contribution in [0.25, 0.3) is 5.78 Å². The SMILES string of the molecule is Cc1cc(C)n2nc(C(=O)OCC(=O)Nc3ccc4c(c3)C(=O)N(C)C4=O)nc2n1. The standard InChI is InChI=1S/C19H16N6O5/c1-9-6-10(2)25-19(20-9)22-15(23-25)18(29)30-8-14(26)21-11-4-5-12-13(7-11)17(28)24(3)16(12)27/h4-7H,8H2,1-3H3,(H,21,26). The van der Waals surface area contributed by atoms with Gasteiger partial charge in [-0.1, -0.05) is 0 Å². The van der Waals surface area contributed by atoms with E-state index in [1.54, 1.807) is 19.9 Å². The first-order chi connectivity index (χ1) is 14.2. The molecule has 0 atom stereocenters. The van der Waals surface area contributed by atoms with Crippen LogP contribution in [0, 0.1) is 13.8 Å². The van der Waals surface area contributed by atoms with E-state index in [1.807, 2.05) is 0 Å². The normalized spacial score (nSPS) is 13.0. The maximum atomic E-state index is 12.2. The molecule has 0 saturated carbocycles. The molecule has 1 N–H and O–H groups in total. The lowest BCUT2D eigenvalue weighted by Gasteiger charge is -2.06. The molecule has 0 spiro atoms. The van der Waals surface area contributed by atoms with E-state index < -0.39 is 30.3 Å². The van der Waals surface area contributed by atoms with Gasteiger partial charge in [0.05, 0.1) is 11.1 Å². The minimum absolute atomic E-state index is 0.198. The van der Waals surface area contributed by atoms with Crippen LogP contribution in [0.4, 0.5) is 5.69 Å². The molecule has 2 aromatic heterocycles. The number of nitrogens with zero attached hydrogens (tertiary/aromatic N) is 5. The maximum Gasteiger partial charge on any atom is 0.378 e. The Hall–Kier alpha value is -4.15. The molecule has 11 nitrogen and oxygen atoms in total. The van der Waals surface area contributed by atoms with Crippen molar-refractivity contribution in [2.45, 2.75) is 13.8 Å². The molecule has 0 bridgehead atoms. The molecule has 0 saturated heterocycles. The third kappa shape index (κ3) is 3.26. The van der Waals surface area contributed by atoms with Gasteiger partial charge >= 0.3 is 5.97 Å². The van der Waals surface area contributed by atoms with Crippen LogP contribution in [0.15, 0.2) is 24.3 Å². The fourth-order valence-electron chi connectivity index (χ4n) is 3.08. The van der Waals surface area contributed by atoms with Crippen LogP contribution in [-0.2, 0) is 9.53 Å². The van der Waals surface area contributed by atoms with Crippen LogP contribution in [-0.4, -0.2) is 61.8 Å². The fraction of sp³-hybridized carbons (Fsp3) is 0.211. The number of fused-ring (bicyclic) bond motifs is 2. The molecule has 3 aromatic rings. The lowest BCUT2D eigenvalue weighted by molar-refractivity contribution is -0.119. The van der Waals surface area contributed by atoms with Crippen molar-refractivity contribution in [1.82, 2.24) is 24.5 Å². The van der Waals surface area contributed by atoms with Crippen molar-refractivity contribution in [2.24, 2.45) is 0 Å². The summed E-state index contributed by atoms with van der Waals surface area (Å²) in [5.41, 5.74) is 2.24. The van der Waals surface area contributed by atoms with Gasteiger partial charge in [-0.15, -0.1) is 5.10 Å². The van der Waals surface area contributed by atoms with Gasteiger partial charge in [-0.25, -0.2) is 14.3 Å². The largest absolute Gasteiger partial charge is 0.450 e. The number of carbonyl (C=O) groups excluding carboxylic acids is 4. The van der Waals surface area contributed by atoms with E-state index in [0.29, 0.717) is 5.69 Å². The van der Waals surface area contributed by atoms with E-state index in [2.05, 4.69) is 20.4 Å². The number of amides is 3. The highest BCUT2D eigenvalue weighted by Crippen LogP contribution is 2.24. The predicted molar refractivity (Wildman–Crippen MR) is 102 cm³/mol. The van der Waals surface area contributed by atoms with E-state index in [-0.39, 0.29) is 22.7 Å². The zero-order valence-electron chi connectivity index (χ0n) is 16.3. The van der Waals surface area contributed by atoms with Crippen molar-refractivity contribution in [1.29, 1.82) is 0 Å². The van der Waals surface area contributed by atoms with E-state index in [9.17, 15) is 19.2 Å². The molecule has 1 aliphatic rings. The van der Waals surface area contributed by atoms with E-state index >= 15 is 0 Å². The maximum absolute atomic E-state index is 12.2. The average Bonchev–Trinajstić information content (AvgIpc) is 3.22.